The molecule has 0 aliphatic carbocycles. The molecule has 18 heavy (non-hydrogen) atoms. The van der Waals surface area contributed by atoms with E-state index in [4.69, 9.17) is 12.2 Å². The van der Waals surface area contributed by atoms with Gasteiger partial charge in [0.25, 0.3) is 0 Å². The Labute approximate surface area is 112 Å². The lowest BCUT2D eigenvalue weighted by Crippen LogP contribution is -2.13. The van der Waals surface area contributed by atoms with Gasteiger partial charge in [0.05, 0.1) is 4.86 Å². The van der Waals surface area contributed by atoms with Crippen molar-refractivity contribution in [3.05, 3.63) is 70.8 Å². The van der Waals surface area contributed by atoms with E-state index < -0.39 is 0 Å². The van der Waals surface area contributed by atoms with Crippen LogP contribution >= 0.6 is 12.2 Å². The third-order valence-corrected chi connectivity index (χ3v) is 3.19. The van der Waals surface area contributed by atoms with E-state index in [2.05, 4.69) is 0 Å². The summed E-state index contributed by atoms with van der Waals surface area (Å²) in [5, 5.41) is 0. The molecule has 0 heterocycles. The third-order valence-electron chi connectivity index (χ3n) is 2.77. The van der Waals surface area contributed by atoms with Gasteiger partial charge in [-0.05, 0) is 25.5 Å². The third kappa shape index (κ3) is 2.71. The first kappa shape index (κ1) is 12.7. The van der Waals surface area contributed by atoms with E-state index in [1.54, 1.807) is 6.07 Å². The molecule has 0 atom stereocenters. The van der Waals surface area contributed by atoms with Crippen LogP contribution < -0.4 is 0 Å². The molecule has 0 amide bonds. The molecule has 0 spiro atoms. The number of thiocarbonyl (C=S) groups is 1. The van der Waals surface area contributed by atoms with Gasteiger partial charge >= 0.3 is 0 Å². The van der Waals surface area contributed by atoms with Crippen LogP contribution in [0.15, 0.2) is 48.5 Å². The van der Waals surface area contributed by atoms with Crippen molar-refractivity contribution in [3.8, 4) is 0 Å². The molecular formula is C16H14OS. The summed E-state index contributed by atoms with van der Waals surface area (Å²) in [5.74, 6) is -0.0840. The molecule has 2 rings (SSSR count). The average molecular weight is 254 g/mol. The molecule has 0 bridgehead atoms. The first-order chi connectivity index (χ1) is 8.58. The van der Waals surface area contributed by atoms with Crippen LogP contribution in [0.3, 0.4) is 0 Å². The first-order valence-corrected chi connectivity index (χ1v) is 6.21. The van der Waals surface area contributed by atoms with Crippen molar-refractivity contribution in [3.63, 3.8) is 0 Å². The van der Waals surface area contributed by atoms with E-state index in [-0.39, 0.29) is 5.78 Å². The van der Waals surface area contributed by atoms with Gasteiger partial charge in [0.2, 0.25) is 5.78 Å². The standard InChI is InChI=1S/C16H14OS/c1-11-5-3-7-13(9-11)15(17)16(18)14-8-4-6-12(2)10-14/h3-10H,1-2H3. The minimum Gasteiger partial charge on any atom is -0.288 e. The lowest BCUT2D eigenvalue weighted by atomic mass is 10.0. The van der Waals surface area contributed by atoms with E-state index >= 15 is 0 Å². The highest BCUT2D eigenvalue weighted by Crippen LogP contribution is 2.12. The predicted molar refractivity (Wildman–Crippen MR) is 78.4 cm³/mol. The lowest BCUT2D eigenvalue weighted by Gasteiger charge is -2.05. The highest BCUT2D eigenvalue weighted by Gasteiger charge is 2.14. The Kier molecular flexibility index (Phi) is 3.68. The Bertz CT molecular complexity index is 558. The Hall–Kier alpha value is -1.80. The number of aryl methyl sites for hydroxylation is 2. The van der Waals surface area contributed by atoms with Gasteiger partial charge in [-0.3, -0.25) is 4.79 Å². The topological polar surface area (TPSA) is 17.1 Å². The van der Waals surface area contributed by atoms with Crippen molar-refractivity contribution < 1.29 is 4.79 Å². The van der Waals surface area contributed by atoms with Crippen LogP contribution in [-0.4, -0.2) is 10.6 Å². The number of hydrogen-bond acceptors (Lipinski definition) is 2. The first-order valence-electron chi connectivity index (χ1n) is 5.80. The summed E-state index contributed by atoms with van der Waals surface area (Å²) in [6.07, 6.45) is 0. The van der Waals surface area contributed by atoms with Crippen LogP contribution in [0.5, 0.6) is 0 Å². The van der Waals surface area contributed by atoms with E-state index in [0.29, 0.717) is 10.4 Å². The molecular weight excluding hydrogens is 240 g/mol. The molecule has 2 heteroatoms. The van der Waals surface area contributed by atoms with Crippen molar-refractivity contribution >= 4 is 22.9 Å². The van der Waals surface area contributed by atoms with Crippen molar-refractivity contribution in [2.75, 3.05) is 0 Å². The second-order valence-corrected chi connectivity index (χ2v) is 4.81. The molecule has 0 aromatic heterocycles. The van der Waals surface area contributed by atoms with Gasteiger partial charge in [0.1, 0.15) is 0 Å². The fourth-order valence-electron chi connectivity index (χ4n) is 1.83. The molecule has 0 aliphatic heterocycles. The van der Waals surface area contributed by atoms with E-state index in [1.165, 1.54) is 0 Å². The van der Waals surface area contributed by atoms with Crippen LogP contribution in [0.4, 0.5) is 0 Å². The summed E-state index contributed by atoms with van der Waals surface area (Å²) < 4.78 is 0. The minimum atomic E-state index is -0.0840. The fraction of sp³-hybridized carbons (Fsp3) is 0.125. The minimum absolute atomic E-state index is 0.0840. The quantitative estimate of drug-likeness (QED) is 0.610. The molecule has 0 aliphatic rings. The highest BCUT2D eigenvalue weighted by atomic mass is 32.1. The molecule has 0 saturated heterocycles. The zero-order valence-corrected chi connectivity index (χ0v) is 11.3. The SMILES string of the molecule is Cc1cccc(C(=O)C(=S)c2cccc(C)c2)c1. The molecule has 2 aromatic carbocycles. The van der Waals surface area contributed by atoms with Crippen LogP contribution in [0.25, 0.3) is 0 Å². The van der Waals surface area contributed by atoms with Gasteiger partial charge in [-0.1, -0.05) is 65.8 Å². The Morgan fingerprint density at radius 2 is 1.39 bits per heavy atom. The van der Waals surface area contributed by atoms with Crippen LogP contribution in [0.2, 0.25) is 0 Å². The molecule has 90 valence electrons. The van der Waals surface area contributed by atoms with Crippen LogP contribution in [0, 0.1) is 13.8 Å². The van der Waals surface area contributed by atoms with Gasteiger partial charge in [0.15, 0.2) is 0 Å². The normalized spacial score (nSPS) is 10.1. The summed E-state index contributed by atoms with van der Waals surface area (Å²) in [6.45, 7) is 3.95. The van der Waals surface area contributed by atoms with Crippen molar-refractivity contribution in [1.82, 2.24) is 0 Å². The monoisotopic (exact) mass is 254 g/mol. The molecule has 0 radical (unpaired) electrons. The predicted octanol–water partition coefficient (Wildman–Crippen LogP) is 3.90. The molecule has 1 nitrogen and oxygen atoms in total. The Morgan fingerprint density at radius 1 is 0.889 bits per heavy atom. The van der Waals surface area contributed by atoms with Crippen molar-refractivity contribution in [2.45, 2.75) is 13.8 Å². The van der Waals surface area contributed by atoms with Crippen molar-refractivity contribution in [1.29, 1.82) is 0 Å². The summed E-state index contributed by atoms with van der Waals surface area (Å²) in [6, 6.07) is 15.2. The maximum Gasteiger partial charge on any atom is 0.204 e. The largest absolute Gasteiger partial charge is 0.288 e. The summed E-state index contributed by atoms with van der Waals surface area (Å²) in [5.41, 5.74) is 3.64. The number of benzene rings is 2. The number of ketones is 1. The molecule has 0 N–H and O–H groups in total. The van der Waals surface area contributed by atoms with E-state index in [0.717, 1.165) is 16.7 Å². The summed E-state index contributed by atoms with van der Waals surface area (Å²) in [7, 11) is 0. The number of hydrogen-bond donors (Lipinski definition) is 0. The maximum atomic E-state index is 12.3. The number of carbonyl (C=O) groups is 1. The van der Waals surface area contributed by atoms with Gasteiger partial charge in [-0.25, -0.2) is 0 Å². The second-order valence-electron chi connectivity index (χ2n) is 4.40. The Balaban J connectivity index is 2.32. The fourth-order valence-corrected chi connectivity index (χ4v) is 2.08. The lowest BCUT2D eigenvalue weighted by molar-refractivity contribution is 0.106. The summed E-state index contributed by atoms with van der Waals surface area (Å²) in [4.78, 5) is 12.6. The van der Waals surface area contributed by atoms with Gasteiger partial charge in [0, 0.05) is 5.56 Å². The van der Waals surface area contributed by atoms with E-state index in [1.807, 2.05) is 56.3 Å². The zero-order valence-electron chi connectivity index (χ0n) is 10.4. The maximum absolute atomic E-state index is 12.3. The molecule has 2 aromatic rings. The number of Topliss-reactive ketones (excluding diaryl/α,β-unsaturated/α-hetero) is 1. The average Bonchev–Trinajstić information content (AvgIpc) is 2.37. The smallest absolute Gasteiger partial charge is 0.204 e. The van der Waals surface area contributed by atoms with Gasteiger partial charge in [-0.2, -0.15) is 0 Å². The van der Waals surface area contributed by atoms with Crippen LogP contribution in [0.1, 0.15) is 27.0 Å². The van der Waals surface area contributed by atoms with E-state index in [9.17, 15) is 4.79 Å². The highest BCUT2D eigenvalue weighted by molar-refractivity contribution is 7.82. The van der Waals surface area contributed by atoms with Crippen LogP contribution in [-0.2, 0) is 0 Å². The van der Waals surface area contributed by atoms with Gasteiger partial charge < -0.3 is 0 Å². The second kappa shape index (κ2) is 5.23. The Morgan fingerprint density at radius 3 is 1.94 bits per heavy atom. The molecule has 0 fully saturated rings. The van der Waals surface area contributed by atoms with Crippen molar-refractivity contribution in [2.24, 2.45) is 0 Å². The summed E-state index contributed by atoms with van der Waals surface area (Å²) >= 11 is 5.28. The molecule has 0 saturated carbocycles. The number of rotatable bonds is 3. The van der Waals surface area contributed by atoms with Gasteiger partial charge in [-0.15, -0.1) is 0 Å². The zero-order chi connectivity index (χ0) is 13.1. The number of carbonyl (C=O) groups excluding carboxylic acids is 1. The molecule has 0 unspecified atom stereocenters.